The Morgan fingerprint density at radius 1 is 1.00 bits per heavy atom. The van der Waals surface area contributed by atoms with E-state index in [1.165, 1.54) is 0 Å². The number of hydrogen-bond donors (Lipinski definition) is 1. The van der Waals surface area contributed by atoms with Gasteiger partial charge in [-0.25, -0.2) is 0 Å². The fraction of sp³-hybridized carbons (Fsp3) is 0.235. The quantitative estimate of drug-likeness (QED) is 0.846. The lowest BCUT2D eigenvalue weighted by Crippen LogP contribution is -2.14. The number of aliphatic hydroxyl groups is 1. The number of rotatable bonds is 4. The predicted octanol–water partition coefficient (Wildman–Crippen LogP) is 3.48. The van der Waals surface area contributed by atoms with E-state index in [1.54, 1.807) is 12.1 Å². The smallest absolute Gasteiger partial charge is 0.196 e. The van der Waals surface area contributed by atoms with Crippen LogP contribution in [0, 0.1) is 0 Å². The maximum atomic E-state index is 12.4. The second-order valence-corrected chi connectivity index (χ2v) is 5.04. The summed E-state index contributed by atoms with van der Waals surface area (Å²) in [6.07, 6.45) is 1.22. The fourth-order valence-corrected chi connectivity index (χ4v) is 2.41. The van der Waals surface area contributed by atoms with Crippen LogP contribution in [0.2, 0.25) is 0 Å². The van der Waals surface area contributed by atoms with Crippen molar-refractivity contribution in [2.75, 3.05) is 0 Å². The van der Waals surface area contributed by atoms with E-state index < -0.39 is 6.10 Å². The summed E-state index contributed by atoms with van der Waals surface area (Å²) in [5.41, 5.74) is 2.40. The monoisotopic (exact) mass is 252 g/mol. The van der Waals surface area contributed by atoms with Crippen molar-refractivity contribution in [2.24, 2.45) is 0 Å². The molecule has 2 heteroatoms. The van der Waals surface area contributed by atoms with Crippen molar-refractivity contribution in [3.05, 3.63) is 71.3 Å². The van der Waals surface area contributed by atoms with E-state index in [4.69, 9.17) is 0 Å². The van der Waals surface area contributed by atoms with Crippen molar-refractivity contribution >= 4 is 5.78 Å². The molecule has 0 radical (unpaired) electrons. The van der Waals surface area contributed by atoms with Crippen LogP contribution in [0.4, 0.5) is 0 Å². The van der Waals surface area contributed by atoms with E-state index in [1.807, 2.05) is 42.5 Å². The molecule has 96 valence electrons. The Hall–Kier alpha value is -1.93. The van der Waals surface area contributed by atoms with Gasteiger partial charge in [-0.15, -0.1) is 0 Å². The van der Waals surface area contributed by atoms with Gasteiger partial charge in [-0.05, 0) is 29.9 Å². The summed E-state index contributed by atoms with van der Waals surface area (Å²) in [6, 6.07) is 16.7. The largest absolute Gasteiger partial charge is 0.380 e. The number of carbonyl (C=O) groups excluding carboxylic acids is 1. The molecule has 2 nitrogen and oxygen atoms in total. The molecule has 0 bridgehead atoms. The summed E-state index contributed by atoms with van der Waals surface area (Å²) < 4.78 is 0. The lowest BCUT2D eigenvalue weighted by atomic mass is 9.94. The summed E-state index contributed by atoms with van der Waals surface area (Å²) in [5, 5.41) is 10.2. The highest BCUT2D eigenvalue weighted by Crippen LogP contribution is 2.42. The lowest BCUT2D eigenvalue weighted by Gasteiger charge is -2.13. The molecule has 3 rings (SSSR count). The first-order valence-corrected chi connectivity index (χ1v) is 6.63. The van der Waals surface area contributed by atoms with E-state index in [0.29, 0.717) is 17.0 Å². The molecule has 1 unspecified atom stereocenters. The lowest BCUT2D eigenvalue weighted by molar-refractivity contribution is 0.0746. The minimum atomic E-state index is -1.07. The second-order valence-electron chi connectivity index (χ2n) is 5.04. The zero-order valence-corrected chi connectivity index (χ0v) is 10.6. The molecule has 0 amide bonds. The van der Waals surface area contributed by atoms with Crippen LogP contribution in [0.15, 0.2) is 54.6 Å². The van der Waals surface area contributed by atoms with Gasteiger partial charge in [0.2, 0.25) is 0 Å². The van der Waals surface area contributed by atoms with Crippen LogP contribution >= 0.6 is 0 Å². The first-order valence-electron chi connectivity index (χ1n) is 6.63. The van der Waals surface area contributed by atoms with Gasteiger partial charge >= 0.3 is 0 Å². The predicted molar refractivity (Wildman–Crippen MR) is 74.1 cm³/mol. The molecule has 1 aliphatic carbocycles. The minimum absolute atomic E-state index is 0.200. The molecule has 0 aromatic heterocycles. The summed E-state index contributed by atoms with van der Waals surface area (Å²) >= 11 is 0. The van der Waals surface area contributed by atoms with Gasteiger partial charge in [0.05, 0.1) is 0 Å². The maximum absolute atomic E-state index is 12.4. The number of carbonyl (C=O) groups is 1. The van der Waals surface area contributed by atoms with Crippen LogP contribution in [-0.4, -0.2) is 10.9 Å². The van der Waals surface area contributed by atoms with Gasteiger partial charge in [-0.2, -0.15) is 0 Å². The highest BCUT2D eigenvalue weighted by Gasteiger charge is 2.29. The topological polar surface area (TPSA) is 37.3 Å². The van der Waals surface area contributed by atoms with Crippen molar-refractivity contribution in [1.29, 1.82) is 0 Å². The third kappa shape index (κ3) is 2.45. The average molecular weight is 252 g/mol. The van der Waals surface area contributed by atoms with Gasteiger partial charge in [0.15, 0.2) is 5.78 Å². The van der Waals surface area contributed by atoms with Crippen molar-refractivity contribution in [3.8, 4) is 0 Å². The molecule has 0 aliphatic heterocycles. The van der Waals surface area contributed by atoms with Gasteiger partial charge in [0.1, 0.15) is 6.10 Å². The average Bonchev–Trinajstić information content (AvgIpc) is 3.31. The molecule has 2 aromatic rings. The van der Waals surface area contributed by atoms with E-state index in [-0.39, 0.29) is 5.78 Å². The molecule has 2 aromatic carbocycles. The number of ketones is 1. The summed E-state index contributed by atoms with van der Waals surface area (Å²) in [5.74, 6) is 0.303. The van der Waals surface area contributed by atoms with E-state index in [0.717, 1.165) is 18.4 Å². The van der Waals surface area contributed by atoms with Gasteiger partial charge in [0, 0.05) is 5.56 Å². The summed E-state index contributed by atoms with van der Waals surface area (Å²) in [7, 11) is 0. The summed E-state index contributed by atoms with van der Waals surface area (Å²) in [6.45, 7) is 0. The Kier molecular flexibility index (Phi) is 3.18. The molecule has 0 heterocycles. The molecular weight excluding hydrogens is 236 g/mol. The van der Waals surface area contributed by atoms with E-state index >= 15 is 0 Å². The van der Waals surface area contributed by atoms with Gasteiger partial charge < -0.3 is 5.11 Å². The number of hydrogen-bond acceptors (Lipinski definition) is 2. The zero-order valence-electron chi connectivity index (χ0n) is 10.6. The van der Waals surface area contributed by atoms with Crippen LogP contribution in [-0.2, 0) is 0 Å². The first kappa shape index (κ1) is 12.1. The molecular formula is C17H16O2. The van der Waals surface area contributed by atoms with Gasteiger partial charge in [-0.1, -0.05) is 54.6 Å². The highest BCUT2D eigenvalue weighted by atomic mass is 16.3. The molecule has 0 spiro atoms. The highest BCUT2D eigenvalue weighted by molar-refractivity contribution is 6.01. The second kappa shape index (κ2) is 4.98. The molecule has 19 heavy (non-hydrogen) atoms. The van der Waals surface area contributed by atoms with Crippen molar-refractivity contribution in [2.45, 2.75) is 24.9 Å². The Morgan fingerprint density at radius 2 is 1.63 bits per heavy atom. The van der Waals surface area contributed by atoms with Crippen LogP contribution in [0.5, 0.6) is 0 Å². The van der Waals surface area contributed by atoms with Gasteiger partial charge in [-0.3, -0.25) is 4.79 Å². The normalized spacial score (nSPS) is 16.1. The van der Waals surface area contributed by atoms with Crippen molar-refractivity contribution in [1.82, 2.24) is 0 Å². The molecule has 1 saturated carbocycles. The van der Waals surface area contributed by atoms with E-state index in [2.05, 4.69) is 0 Å². The van der Waals surface area contributed by atoms with Crippen molar-refractivity contribution < 1.29 is 9.90 Å². The zero-order chi connectivity index (χ0) is 13.2. The molecule has 1 aliphatic rings. The Balaban J connectivity index is 1.92. The number of aliphatic hydroxyl groups excluding tert-OH is 1. The van der Waals surface area contributed by atoms with Gasteiger partial charge in [0.25, 0.3) is 0 Å². The molecule has 1 atom stereocenters. The first-order chi connectivity index (χ1) is 9.27. The molecule has 0 saturated heterocycles. The minimum Gasteiger partial charge on any atom is -0.380 e. The third-order valence-electron chi connectivity index (χ3n) is 3.61. The molecule has 1 N–H and O–H groups in total. The summed E-state index contributed by atoms with van der Waals surface area (Å²) in [4.78, 5) is 12.4. The third-order valence-corrected chi connectivity index (χ3v) is 3.61. The van der Waals surface area contributed by atoms with Crippen LogP contribution < -0.4 is 0 Å². The Bertz CT molecular complexity index is 585. The standard InChI is InChI=1S/C17H16O2/c18-16(13-6-2-1-3-7-13)17(19)15-9-5-4-8-14(15)12-10-11-12/h1-9,12,16,18H,10-11H2. The maximum Gasteiger partial charge on any atom is 0.196 e. The number of benzene rings is 2. The van der Waals surface area contributed by atoms with Crippen LogP contribution in [0.25, 0.3) is 0 Å². The molecule has 1 fully saturated rings. The van der Waals surface area contributed by atoms with Crippen LogP contribution in [0.1, 0.15) is 46.3 Å². The fourth-order valence-electron chi connectivity index (χ4n) is 2.41. The number of Topliss-reactive ketones (excluding diaryl/α,β-unsaturated/α-hetero) is 1. The Labute approximate surface area is 112 Å². The van der Waals surface area contributed by atoms with Crippen molar-refractivity contribution in [3.63, 3.8) is 0 Å². The van der Waals surface area contributed by atoms with Crippen LogP contribution in [0.3, 0.4) is 0 Å². The SMILES string of the molecule is O=C(c1ccccc1C1CC1)C(O)c1ccccc1. The van der Waals surface area contributed by atoms with E-state index in [9.17, 15) is 9.90 Å². The Morgan fingerprint density at radius 3 is 2.32 bits per heavy atom.